The molecule has 4 rings (SSSR count). The number of thiazole rings is 1. The molecular weight excluding hydrogens is 362 g/mol. The molecule has 1 N–H and O–H groups in total. The highest BCUT2D eigenvalue weighted by atomic mass is 32.1. The number of fused-ring (bicyclic) bond motifs is 1. The van der Waals surface area contributed by atoms with Crippen LogP contribution >= 0.6 is 11.3 Å². The monoisotopic (exact) mass is 385 g/mol. The normalized spacial score (nSPS) is 18.1. The molecule has 0 saturated carbocycles. The third-order valence-electron chi connectivity index (χ3n) is 5.30. The number of likely N-dealkylation sites (tertiary alicyclic amines) is 1. The van der Waals surface area contributed by atoms with Crippen LogP contribution in [0.5, 0.6) is 0 Å². The number of aromatic nitrogens is 3. The lowest BCUT2D eigenvalue weighted by atomic mass is 9.99. The van der Waals surface area contributed by atoms with Gasteiger partial charge in [0, 0.05) is 44.0 Å². The Balaban J connectivity index is 1.63. The summed E-state index contributed by atoms with van der Waals surface area (Å²) in [4.78, 5) is 32.1. The first-order chi connectivity index (χ1) is 13.1. The molecule has 142 valence electrons. The van der Waals surface area contributed by atoms with Gasteiger partial charge in [0.05, 0.1) is 11.7 Å². The molecule has 0 aliphatic carbocycles. The van der Waals surface area contributed by atoms with Crippen molar-refractivity contribution in [3.8, 4) is 0 Å². The van der Waals surface area contributed by atoms with Crippen LogP contribution in [-0.4, -0.2) is 38.4 Å². The smallest absolute Gasteiger partial charge is 0.267 e. The van der Waals surface area contributed by atoms with Crippen molar-refractivity contribution in [3.05, 3.63) is 57.2 Å². The number of nitrogens with one attached hydrogen (secondary N) is 1. The van der Waals surface area contributed by atoms with E-state index in [-0.39, 0.29) is 17.5 Å². The first-order valence-corrected chi connectivity index (χ1v) is 10.0. The molecule has 0 unspecified atom stereocenters. The Kier molecular flexibility index (Phi) is 4.84. The fourth-order valence-electron chi connectivity index (χ4n) is 3.91. The second-order valence-electron chi connectivity index (χ2n) is 6.90. The van der Waals surface area contributed by atoms with Crippen LogP contribution < -0.4 is 10.9 Å². The summed E-state index contributed by atoms with van der Waals surface area (Å²) >= 11 is 1.47. The molecular formula is C19H23N5O2S. The van der Waals surface area contributed by atoms with Crippen molar-refractivity contribution in [1.29, 1.82) is 0 Å². The lowest BCUT2D eigenvalue weighted by Gasteiger charge is -2.36. The molecule has 0 radical (unpaired) electrons. The minimum Gasteiger partial charge on any atom is -0.354 e. The van der Waals surface area contributed by atoms with Gasteiger partial charge >= 0.3 is 0 Å². The van der Waals surface area contributed by atoms with Crippen molar-refractivity contribution in [2.45, 2.75) is 31.8 Å². The van der Waals surface area contributed by atoms with Gasteiger partial charge in [-0.15, -0.1) is 11.3 Å². The van der Waals surface area contributed by atoms with Crippen molar-refractivity contribution in [1.82, 2.24) is 24.2 Å². The second kappa shape index (κ2) is 7.28. The van der Waals surface area contributed by atoms with E-state index in [4.69, 9.17) is 0 Å². The van der Waals surface area contributed by atoms with Gasteiger partial charge in [-0.05, 0) is 31.5 Å². The maximum absolute atomic E-state index is 12.3. The summed E-state index contributed by atoms with van der Waals surface area (Å²) in [5.41, 5.74) is 2.55. The van der Waals surface area contributed by atoms with Crippen LogP contribution in [0.4, 0.5) is 0 Å². The lowest BCUT2D eigenvalue weighted by Crippen LogP contribution is -2.35. The molecule has 27 heavy (non-hydrogen) atoms. The van der Waals surface area contributed by atoms with Crippen LogP contribution in [0.3, 0.4) is 0 Å². The van der Waals surface area contributed by atoms with Crippen molar-refractivity contribution in [2.24, 2.45) is 7.05 Å². The number of hydrogen-bond donors (Lipinski definition) is 1. The summed E-state index contributed by atoms with van der Waals surface area (Å²) in [6.07, 6.45) is 5.07. The van der Waals surface area contributed by atoms with Gasteiger partial charge in [0.15, 0.2) is 4.96 Å². The molecule has 1 saturated heterocycles. The Bertz CT molecular complexity index is 1030. The zero-order valence-corrected chi connectivity index (χ0v) is 16.3. The van der Waals surface area contributed by atoms with Crippen LogP contribution in [-0.2, 0) is 13.6 Å². The molecule has 8 heteroatoms. The highest BCUT2D eigenvalue weighted by molar-refractivity contribution is 7.15. The van der Waals surface area contributed by atoms with E-state index in [0.717, 1.165) is 42.2 Å². The van der Waals surface area contributed by atoms with Crippen LogP contribution in [0.15, 0.2) is 34.6 Å². The Morgan fingerprint density at radius 3 is 3.04 bits per heavy atom. The summed E-state index contributed by atoms with van der Waals surface area (Å²) in [7, 11) is 3.59. The number of amides is 1. The zero-order chi connectivity index (χ0) is 19.0. The van der Waals surface area contributed by atoms with E-state index in [1.54, 1.807) is 23.7 Å². The zero-order valence-electron chi connectivity index (χ0n) is 15.5. The molecule has 0 aromatic carbocycles. The van der Waals surface area contributed by atoms with Gasteiger partial charge in [0.2, 0.25) is 0 Å². The Morgan fingerprint density at radius 1 is 1.37 bits per heavy atom. The molecule has 1 amide bonds. The van der Waals surface area contributed by atoms with Gasteiger partial charge < -0.3 is 9.88 Å². The highest BCUT2D eigenvalue weighted by Gasteiger charge is 2.27. The van der Waals surface area contributed by atoms with Crippen molar-refractivity contribution < 1.29 is 4.79 Å². The highest BCUT2D eigenvalue weighted by Crippen LogP contribution is 2.32. The molecule has 1 atom stereocenters. The van der Waals surface area contributed by atoms with Gasteiger partial charge in [-0.3, -0.25) is 18.9 Å². The van der Waals surface area contributed by atoms with E-state index in [1.807, 2.05) is 29.1 Å². The largest absolute Gasteiger partial charge is 0.354 e. The quantitative estimate of drug-likeness (QED) is 0.747. The van der Waals surface area contributed by atoms with Crippen molar-refractivity contribution in [3.63, 3.8) is 0 Å². The number of nitrogens with zero attached hydrogens (tertiary/aromatic N) is 4. The van der Waals surface area contributed by atoms with Gasteiger partial charge in [-0.25, -0.2) is 4.98 Å². The third kappa shape index (κ3) is 3.30. The molecule has 1 aliphatic rings. The number of hydrogen-bond acceptors (Lipinski definition) is 5. The molecule has 4 heterocycles. The Morgan fingerprint density at radius 2 is 2.22 bits per heavy atom. The number of carbonyl (C=O) groups is 1. The van der Waals surface area contributed by atoms with Crippen LogP contribution in [0.1, 0.15) is 47.2 Å². The van der Waals surface area contributed by atoms with Crippen LogP contribution in [0, 0.1) is 0 Å². The van der Waals surface area contributed by atoms with Crippen LogP contribution in [0.25, 0.3) is 4.96 Å². The lowest BCUT2D eigenvalue weighted by molar-refractivity contribution is 0.0952. The summed E-state index contributed by atoms with van der Waals surface area (Å²) in [6, 6.07) is 5.76. The predicted molar refractivity (Wildman–Crippen MR) is 105 cm³/mol. The SMILES string of the molecule is CNC(=O)c1ccc([C@@H]2CCCCN2Cc2cc(=O)n3ccsc3n2)n1C. The number of rotatable bonds is 4. The topological polar surface area (TPSA) is 71.6 Å². The Hall–Kier alpha value is -2.45. The second-order valence-corrected chi connectivity index (χ2v) is 7.78. The van der Waals surface area contributed by atoms with E-state index < -0.39 is 0 Å². The summed E-state index contributed by atoms with van der Waals surface area (Å²) in [6.45, 7) is 1.59. The maximum atomic E-state index is 12.3. The van der Waals surface area contributed by atoms with E-state index in [0.29, 0.717) is 12.2 Å². The average Bonchev–Trinajstić information content (AvgIpc) is 3.28. The third-order valence-corrected chi connectivity index (χ3v) is 6.05. The molecule has 3 aromatic heterocycles. The number of piperidine rings is 1. The first-order valence-electron chi connectivity index (χ1n) is 9.16. The van der Waals surface area contributed by atoms with Gasteiger partial charge in [-0.2, -0.15) is 0 Å². The van der Waals surface area contributed by atoms with E-state index >= 15 is 0 Å². The minimum absolute atomic E-state index is 0.0365. The summed E-state index contributed by atoms with van der Waals surface area (Å²) in [5.74, 6) is -0.0797. The minimum atomic E-state index is -0.0797. The Labute approximate surface area is 161 Å². The molecule has 1 fully saturated rings. The first kappa shape index (κ1) is 17.9. The van der Waals surface area contributed by atoms with E-state index in [1.165, 1.54) is 11.3 Å². The van der Waals surface area contributed by atoms with Gasteiger partial charge in [0.25, 0.3) is 11.5 Å². The van der Waals surface area contributed by atoms with Crippen molar-refractivity contribution >= 4 is 22.2 Å². The summed E-state index contributed by atoms with van der Waals surface area (Å²) < 4.78 is 3.56. The molecule has 1 aliphatic heterocycles. The van der Waals surface area contributed by atoms with E-state index in [9.17, 15) is 9.59 Å². The molecule has 0 spiro atoms. The average molecular weight is 385 g/mol. The maximum Gasteiger partial charge on any atom is 0.267 e. The molecule has 3 aromatic rings. The standard InChI is InChI=1S/C19H23N5O2S/c1-20-18(26)16-7-6-14(22(16)2)15-5-3-4-8-23(15)12-13-11-17(25)24-9-10-27-19(24)21-13/h6-7,9-11,15H,3-5,8,12H2,1-2H3,(H,20,26)/t15-/m0/s1. The predicted octanol–water partition coefficient (Wildman–Crippen LogP) is 2.18. The van der Waals surface area contributed by atoms with Crippen molar-refractivity contribution in [2.75, 3.05) is 13.6 Å². The molecule has 7 nitrogen and oxygen atoms in total. The van der Waals surface area contributed by atoms with Gasteiger partial charge in [-0.1, -0.05) is 6.42 Å². The fourth-order valence-corrected chi connectivity index (χ4v) is 4.65. The van der Waals surface area contributed by atoms with E-state index in [2.05, 4.69) is 15.2 Å². The van der Waals surface area contributed by atoms with Crippen LogP contribution in [0.2, 0.25) is 0 Å². The number of carbonyl (C=O) groups excluding carboxylic acids is 1. The molecule has 0 bridgehead atoms. The summed E-state index contributed by atoms with van der Waals surface area (Å²) in [5, 5.41) is 4.57. The fraction of sp³-hybridized carbons (Fsp3) is 0.421. The van der Waals surface area contributed by atoms with Gasteiger partial charge in [0.1, 0.15) is 5.69 Å².